The zero-order valence-electron chi connectivity index (χ0n) is 12.4. The summed E-state index contributed by atoms with van der Waals surface area (Å²) in [6, 6.07) is 13.1. The molecule has 3 nitrogen and oxygen atoms in total. The van der Waals surface area contributed by atoms with Crippen LogP contribution in [-0.4, -0.2) is 18.1 Å². The van der Waals surface area contributed by atoms with Crippen LogP contribution in [0.2, 0.25) is 10.0 Å². The number of hydrogen-bond acceptors (Lipinski definition) is 2. The Morgan fingerprint density at radius 3 is 2.39 bits per heavy atom. The van der Waals surface area contributed by atoms with Gasteiger partial charge in [0.15, 0.2) is 0 Å². The van der Waals surface area contributed by atoms with Crippen molar-refractivity contribution in [1.29, 1.82) is 0 Å². The minimum Gasteiger partial charge on any atom is -0.297 e. The van der Waals surface area contributed by atoms with E-state index in [-0.39, 0.29) is 5.91 Å². The molecule has 23 heavy (non-hydrogen) atoms. The van der Waals surface area contributed by atoms with E-state index in [4.69, 9.17) is 23.2 Å². The molecule has 1 heterocycles. The zero-order valence-corrected chi connectivity index (χ0v) is 15.5. The lowest BCUT2D eigenvalue weighted by atomic mass is 9.93. The zero-order chi connectivity index (χ0) is 16.6. The van der Waals surface area contributed by atoms with Crippen molar-refractivity contribution >= 4 is 50.7 Å². The summed E-state index contributed by atoms with van der Waals surface area (Å²) in [5.74, 6) is 0.0127. The Morgan fingerprint density at radius 2 is 1.78 bits per heavy atom. The number of nitrogens with one attached hydrogen (secondary N) is 1. The Morgan fingerprint density at radius 1 is 1.17 bits per heavy atom. The van der Waals surface area contributed by atoms with Gasteiger partial charge in [-0.15, -0.1) is 0 Å². The number of anilines is 1. The largest absolute Gasteiger partial charge is 0.297 e. The molecule has 0 bridgehead atoms. The number of carbonyl (C=O) groups excluding carboxylic acids is 1. The van der Waals surface area contributed by atoms with Crippen LogP contribution in [0, 0.1) is 0 Å². The third-order valence-corrected chi connectivity index (χ3v) is 4.94. The van der Waals surface area contributed by atoms with E-state index < -0.39 is 5.54 Å². The van der Waals surface area contributed by atoms with Gasteiger partial charge in [0, 0.05) is 20.2 Å². The Hall–Kier alpha value is -1.07. The van der Waals surface area contributed by atoms with E-state index in [0.717, 1.165) is 10.0 Å². The molecule has 3 rings (SSSR count). The fourth-order valence-electron chi connectivity index (χ4n) is 2.75. The highest BCUT2D eigenvalue weighted by atomic mass is 79.9. The lowest BCUT2D eigenvalue weighted by Gasteiger charge is -2.23. The van der Waals surface area contributed by atoms with Gasteiger partial charge in [0.2, 0.25) is 5.91 Å². The summed E-state index contributed by atoms with van der Waals surface area (Å²) in [6.07, 6.45) is 0.615. The number of rotatable bonds is 3. The Balaban J connectivity index is 1.83. The minimum absolute atomic E-state index is 0.0127. The van der Waals surface area contributed by atoms with Gasteiger partial charge < -0.3 is 0 Å². The highest BCUT2D eigenvalue weighted by Crippen LogP contribution is 2.30. The predicted octanol–water partition coefficient (Wildman–Crippen LogP) is 4.65. The lowest BCUT2D eigenvalue weighted by Crippen LogP contribution is -2.45. The van der Waals surface area contributed by atoms with Crippen LogP contribution in [0.4, 0.5) is 5.69 Å². The van der Waals surface area contributed by atoms with Crippen molar-refractivity contribution < 1.29 is 4.79 Å². The molecule has 0 radical (unpaired) electrons. The second-order valence-electron chi connectivity index (χ2n) is 5.83. The molecule has 0 saturated carbocycles. The molecule has 2 aromatic rings. The molecule has 1 aliphatic heterocycles. The smallest absolute Gasteiger partial charge is 0.248 e. The Kier molecular flexibility index (Phi) is 4.70. The summed E-state index contributed by atoms with van der Waals surface area (Å²) in [7, 11) is 0. The van der Waals surface area contributed by atoms with Crippen LogP contribution in [-0.2, 0) is 11.2 Å². The monoisotopic (exact) mass is 412 g/mol. The topological polar surface area (TPSA) is 32.3 Å². The number of carbonyl (C=O) groups is 1. The summed E-state index contributed by atoms with van der Waals surface area (Å²) in [4.78, 5) is 14.6. The molecule has 0 spiro atoms. The van der Waals surface area contributed by atoms with Gasteiger partial charge in [-0.05, 0) is 49.2 Å². The standard InChI is InChI=1S/C17H15BrCl2N2O/c1-17(9-11-2-4-12(18)5-3-11)16(23)22(10-21-17)15-7-13(19)6-14(20)8-15/h2-8,21H,9-10H2,1H3/t17-/m1/s1. The summed E-state index contributed by atoms with van der Waals surface area (Å²) in [5, 5.41) is 4.34. The number of hydrogen-bond donors (Lipinski definition) is 1. The van der Waals surface area contributed by atoms with Crippen molar-refractivity contribution in [2.24, 2.45) is 0 Å². The van der Waals surface area contributed by atoms with Crippen LogP contribution in [0.3, 0.4) is 0 Å². The Bertz CT molecular complexity index is 731. The van der Waals surface area contributed by atoms with E-state index >= 15 is 0 Å². The molecule has 1 N–H and O–H groups in total. The molecule has 1 saturated heterocycles. The van der Waals surface area contributed by atoms with Gasteiger partial charge >= 0.3 is 0 Å². The van der Waals surface area contributed by atoms with E-state index in [0.29, 0.717) is 28.8 Å². The van der Waals surface area contributed by atoms with E-state index in [1.807, 2.05) is 31.2 Å². The SMILES string of the molecule is C[C@]1(Cc2ccc(Br)cc2)NCN(c2cc(Cl)cc(Cl)c2)C1=O. The summed E-state index contributed by atoms with van der Waals surface area (Å²) >= 11 is 15.5. The minimum atomic E-state index is -0.650. The number of nitrogens with zero attached hydrogens (tertiary/aromatic N) is 1. The maximum atomic E-state index is 12.9. The molecule has 0 aliphatic carbocycles. The quantitative estimate of drug-likeness (QED) is 0.794. The first-order valence-corrected chi connectivity index (χ1v) is 8.70. The Labute approximate surface area is 153 Å². The third kappa shape index (κ3) is 3.56. The first-order chi connectivity index (χ1) is 10.9. The first kappa shape index (κ1) is 16.8. The van der Waals surface area contributed by atoms with Crippen molar-refractivity contribution in [1.82, 2.24) is 5.32 Å². The van der Waals surface area contributed by atoms with E-state index in [1.54, 1.807) is 23.1 Å². The molecule has 1 aliphatic rings. The number of amides is 1. The van der Waals surface area contributed by atoms with Gasteiger partial charge in [-0.2, -0.15) is 0 Å². The average molecular weight is 414 g/mol. The van der Waals surface area contributed by atoms with Crippen LogP contribution in [0.1, 0.15) is 12.5 Å². The summed E-state index contributed by atoms with van der Waals surface area (Å²) < 4.78 is 1.02. The molecule has 1 atom stereocenters. The molecule has 0 aromatic heterocycles. The molecular formula is C17H15BrCl2N2O. The normalized spacial score (nSPS) is 21.0. The van der Waals surface area contributed by atoms with Gasteiger partial charge in [0.05, 0.1) is 6.67 Å². The third-order valence-electron chi connectivity index (χ3n) is 3.97. The summed E-state index contributed by atoms with van der Waals surface area (Å²) in [5.41, 5.74) is 1.16. The second-order valence-corrected chi connectivity index (χ2v) is 7.62. The highest BCUT2D eigenvalue weighted by molar-refractivity contribution is 9.10. The van der Waals surface area contributed by atoms with Gasteiger partial charge in [-0.25, -0.2) is 0 Å². The van der Waals surface area contributed by atoms with Crippen LogP contribution in [0.25, 0.3) is 0 Å². The van der Waals surface area contributed by atoms with E-state index in [2.05, 4.69) is 21.2 Å². The molecule has 2 aromatic carbocycles. The van der Waals surface area contributed by atoms with Crippen molar-refractivity contribution in [2.45, 2.75) is 18.9 Å². The van der Waals surface area contributed by atoms with Crippen molar-refractivity contribution in [3.63, 3.8) is 0 Å². The van der Waals surface area contributed by atoms with Crippen molar-refractivity contribution in [3.05, 3.63) is 62.5 Å². The average Bonchev–Trinajstić information content (AvgIpc) is 2.77. The van der Waals surface area contributed by atoms with E-state index in [1.165, 1.54) is 0 Å². The maximum absolute atomic E-state index is 12.9. The molecule has 1 fully saturated rings. The van der Waals surface area contributed by atoms with Gasteiger partial charge in [0.1, 0.15) is 5.54 Å². The number of benzene rings is 2. The number of halogens is 3. The first-order valence-electron chi connectivity index (χ1n) is 7.15. The second kappa shape index (κ2) is 6.44. The van der Waals surface area contributed by atoms with Crippen LogP contribution >= 0.6 is 39.1 Å². The van der Waals surface area contributed by atoms with Crippen LogP contribution in [0.15, 0.2) is 46.9 Å². The molecule has 0 unspecified atom stereocenters. The van der Waals surface area contributed by atoms with Gasteiger partial charge in [-0.1, -0.05) is 51.3 Å². The summed E-state index contributed by atoms with van der Waals surface area (Å²) in [6.45, 7) is 2.35. The predicted molar refractivity (Wildman–Crippen MR) is 98.2 cm³/mol. The fourth-order valence-corrected chi connectivity index (χ4v) is 3.53. The molecule has 1 amide bonds. The molecular weight excluding hydrogens is 399 g/mol. The maximum Gasteiger partial charge on any atom is 0.248 e. The van der Waals surface area contributed by atoms with Gasteiger partial charge in [-0.3, -0.25) is 15.0 Å². The van der Waals surface area contributed by atoms with E-state index in [9.17, 15) is 4.79 Å². The van der Waals surface area contributed by atoms with Crippen molar-refractivity contribution in [2.75, 3.05) is 11.6 Å². The fraction of sp³-hybridized carbons (Fsp3) is 0.235. The van der Waals surface area contributed by atoms with Gasteiger partial charge in [0.25, 0.3) is 0 Å². The molecule has 120 valence electrons. The van der Waals surface area contributed by atoms with Crippen LogP contribution in [0.5, 0.6) is 0 Å². The van der Waals surface area contributed by atoms with Crippen LogP contribution < -0.4 is 10.2 Å². The van der Waals surface area contributed by atoms with Crippen molar-refractivity contribution in [3.8, 4) is 0 Å². The lowest BCUT2D eigenvalue weighted by molar-refractivity contribution is -0.121. The molecule has 6 heteroatoms. The highest BCUT2D eigenvalue weighted by Gasteiger charge is 2.43.